The van der Waals surface area contributed by atoms with Crippen LogP contribution in [0.3, 0.4) is 0 Å². The number of hydrogen-bond acceptors (Lipinski definition) is 3. The van der Waals surface area contributed by atoms with Gasteiger partial charge in [0.15, 0.2) is 0 Å². The first-order valence-corrected chi connectivity index (χ1v) is 5.30. The Labute approximate surface area is 92.1 Å². The summed E-state index contributed by atoms with van der Waals surface area (Å²) in [5.41, 5.74) is 1.10. The number of carbonyl (C=O) groups is 1. The molecule has 0 radical (unpaired) electrons. The Morgan fingerprint density at radius 2 is 2.00 bits per heavy atom. The average Bonchev–Trinajstić information content (AvgIpc) is 2.31. The van der Waals surface area contributed by atoms with Gasteiger partial charge in [-0.25, -0.2) is 9.00 Å². The van der Waals surface area contributed by atoms with Crippen molar-refractivity contribution in [1.29, 1.82) is 0 Å². The van der Waals surface area contributed by atoms with E-state index in [1.807, 2.05) is 30.3 Å². The molecule has 0 unspecified atom stereocenters. The molecule has 0 aromatic heterocycles. The van der Waals surface area contributed by atoms with Gasteiger partial charge in [-0.2, -0.15) is 0 Å². The summed E-state index contributed by atoms with van der Waals surface area (Å²) < 4.78 is 15.1. The molecule has 4 heteroatoms. The van der Waals surface area contributed by atoms with Crippen LogP contribution < -0.4 is 0 Å². The van der Waals surface area contributed by atoms with E-state index in [-0.39, 0.29) is 16.1 Å². The summed E-state index contributed by atoms with van der Waals surface area (Å²) in [7, 11) is 1.28. The molecule has 0 N–H and O–H groups in total. The summed E-state index contributed by atoms with van der Waals surface area (Å²) in [6.07, 6.45) is 1.12. The number of esters is 1. The lowest BCUT2D eigenvalue weighted by Crippen LogP contribution is -2.16. The smallest absolute Gasteiger partial charge is 0.347 e. The van der Waals surface area contributed by atoms with E-state index in [9.17, 15) is 9.00 Å². The molecule has 0 heterocycles. The van der Waals surface area contributed by atoms with Gasteiger partial charge in [-0.1, -0.05) is 30.3 Å². The molecule has 0 aliphatic rings. The minimum absolute atomic E-state index is 0.214. The molecule has 15 heavy (non-hydrogen) atoms. The van der Waals surface area contributed by atoms with Gasteiger partial charge in [-0.15, -0.1) is 0 Å². The van der Waals surface area contributed by atoms with Crippen LogP contribution in [0.5, 0.6) is 0 Å². The fourth-order valence-corrected chi connectivity index (χ4v) is 1.53. The molecule has 0 aliphatic carbocycles. The van der Waals surface area contributed by atoms with Gasteiger partial charge < -0.3 is 4.74 Å². The first kappa shape index (κ1) is 11.7. The Hall–Kier alpha value is -1.42. The number of benzene rings is 1. The molecule has 0 spiro atoms. The highest BCUT2D eigenvalue weighted by Crippen LogP contribution is 2.03. The summed E-state index contributed by atoms with van der Waals surface area (Å²) in [5.74, 6) is -0.522. The number of rotatable bonds is 4. The maximum absolute atomic E-state index is 11.1. The van der Waals surface area contributed by atoms with Crippen molar-refractivity contribution in [3.63, 3.8) is 0 Å². The van der Waals surface area contributed by atoms with Crippen LogP contribution in [-0.2, 0) is 27.2 Å². The second kappa shape index (κ2) is 6.14. The summed E-state index contributed by atoms with van der Waals surface area (Å²) in [6.45, 7) is 0. The zero-order valence-corrected chi connectivity index (χ0v) is 9.25. The minimum Gasteiger partial charge on any atom is -0.465 e. The largest absolute Gasteiger partial charge is 0.465 e. The zero-order chi connectivity index (χ0) is 11.1. The molecule has 1 aromatic rings. The fraction of sp³-hybridized carbons (Fsp3) is 0.273. The van der Waals surface area contributed by atoms with Crippen molar-refractivity contribution in [2.45, 2.75) is 12.8 Å². The van der Waals surface area contributed by atoms with Crippen LogP contribution in [0.2, 0.25) is 0 Å². The monoisotopic (exact) mass is 224 g/mol. The van der Waals surface area contributed by atoms with E-state index in [1.165, 1.54) is 7.11 Å². The Kier molecular flexibility index (Phi) is 4.77. The Morgan fingerprint density at radius 3 is 2.53 bits per heavy atom. The molecule has 3 nitrogen and oxygen atoms in total. The number of ether oxygens (including phenoxy) is 1. The highest BCUT2D eigenvalue weighted by atomic mass is 32.1. The normalized spacial score (nSPS) is 9.40. The van der Waals surface area contributed by atoms with Crippen molar-refractivity contribution >= 4 is 22.1 Å². The van der Waals surface area contributed by atoms with E-state index in [0.717, 1.165) is 5.56 Å². The molecule has 0 fully saturated rings. The highest BCUT2D eigenvalue weighted by molar-refractivity contribution is 7.68. The lowest BCUT2D eigenvalue weighted by molar-refractivity contribution is -0.132. The van der Waals surface area contributed by atoms with Gasteiger partial charge in [0.2, 0.25) is 0 Å². The first-order valence-electron chi connectivity index (χ1n) is 4.56. The molecule has 0 amide bonds. The minimum atomic E-state index is -0.522. The number of carbonyl (C=O) groups excluding carboxylic acids is 1. The number of hydrogen-bond donors (Lipinski definition) is 0. The van der Waals surface area contributed by atoms with Gasteiger partial charge >= 0.3 is 5.97 Å². The topological polar surface area (TPSA) is 43.4 Å². The van der Waals surface area contributed by atoms with E-state index in [4.69, 9.17) is 0 Å². The van der Waals surface area contributed by atoms with Crippen molar-refractivity contribution < 1.29 is 13.7 Å². The third-order valence-electron chi connectivity index (χ3n) is 2.00. The fourth-order valence-electron chi connectivity index (χ4n) is 1.19. The second-order valence-corrected chi connectivity index (χ2v) is 3.64. The van der Waals surface area contributed by atoms with Crippen molar-refractivity contribution in [1.82, 2.24) is 0 Å². The van der Waals surface area contributed by atoms with Crippen LogP contribution in [0, 0.1) is 0 Å². The number of aryl methyl sites for hydroxylation is 1. The Morgan fingerprint density at radius 1 is 1.33 bits per heavy atom. The van der Waals surface area contributed by atoms with Gasteiger partial charge in [0.1, 0.15) is 4.86 Å². The zero-order valence-electron chi connectivity index (χ0n) is 8.43. The third kappa shape index (κ3) is 3.67. The van der Waals surface area contributed by atoms with Gasteiger partial charge in [-0.3, -0.25) is 0 Å². The predicted octanol–water partition coefficient (Wildman–Crippen LogP) is 1.18. The van der Waals surface area contributed by atoms with Crippen LogP contribution in [0.15, 0.2) is 30.3 Å². The SMILES string of the molecule is COC(=O)C(CCc1ccccc1)=S=O. The number of methoxy groups -OCH3 is 1. The van der Waals surface area contributed by atoms with Gasteiger partial charge in [0, 0.05) is 0 Å². The van der Waals surface area contributed by atoms with Crippen LogP contribution >= 0.6 is 0 Å². The summed E-state index contributed by atoms with van der Waals surface area (Å²) in [4.78, 5) is 11.3. The van der Waals surface area contributed by atoms with E-state index in [1.54, 1.807) is 0 Å². The summed E-state index contributed by atoms with van der Waals surface area (Å²) in [5, 5.41) is 0. The van der Waals surface area contributed by atoms with Gasteiger partial charge in [0.05, 0.1) is 18.4 Å². The van der Waals surface area contributed by atoms with Crippen LogP contribution in [0.4, 0.5) is 0 Å². The lowest BCUT2D eigenvalue weighted by Gasteiger charge is -2.01. The van der Waals surface area contributed by atoms with Crippen LogP contribution in [-0.4, -0.2) is 22.2 Å². The van der Waals surface area contributed by atoms with Crippen molar-refractivity contribution in [3.05, 3.63) is 35.9 Å². The van der Waals surface area contributed by atoms with E-state index >= 15 is 0 Å². The molecule has 0 bridgehead atoms. The molecule has 0 aliphatic heterocycles. The van der Waals surface area contributed by atoms with Crippen molar-refractivity contribution in [2.24, 2.45) is 0 Å². The van der Waals surface area contributed by atoms with E-state index in [2.05, 4.69) is 4.74 Å². The standard InChI is InChI=1S/C11H12O3S/c1-14-11(12)10(15-13)8-7-9-5-3-2-4-6-9/h2-6H,7-8H2,1H3. The molecule has 80 valence electrons. The van der Waals surface area contributed by atoms with E-state index < -0.39 is 5.97 Å². The first-order chi connectivity index (χ1) is 7.27. The third-order valence-corrected chi connectivity index (χ3v) is 2.57. The lowest BCUT2D eigenvalue weighted by atomic mass is 10.1. The van der Waals surface area contributed by atoms with Crippen molar-refractivity contribution in [3.8, 4) is 0 Å². The molecule has 1 rings (SSSR count). The highest BCUT2D eigenvalue weighted by Gasteiger charge is 2.10. The molecule has 1 aromatic carbocycles. The maximum Gasteiger partial charge on any atom is 0.347 e. The van der Waals surface area contributed by atoms with E-state index in [0.29, 0.717) is 12.8 Å². The summed E-state index contributed by atoms with van der Waals surface area (Å²) >= 11 is 0.214. The Bertz CT molecular complexity index is 380. The van der Waals surface area contributed by atoms with Gasteiger partial charge in [-0.05, 0) is 18.4 Å². The molecule has 0 atom stereocenters. The average molecular weight is 224 g/mol. The molecular formula is C11H12O3S. The maximum atomic E-state index is 11.1. The Balaban J connectivity index is 2.57. The van der Waals surface area contributed by atoms with Crippen molar-refractivity contribution in [2.75, 3.05) is 7.11 Å². The summed E-state index contributed by atoms with van der Waals surface area (Å²) in [6, 6.07) is 9.71. The van der Waals surface area contributed by atoms with Crippen LogP contribution in [0.1, 0.15) is 12.0 Å². The second-order valence-electron chi connectivity index (χ2n) is 2.98. The molecular weight excluding hydrogens is 212 g/mol. The van der Waals surface area contributed by atoms with Crippen LogP contribution in [0.25, 0.3) is 0 Å². The van der Waals surface area contributed by atoms with Gasteiger partial charge in [0.25, 0.3) is 0 Å². The molecule has 0 saturated heterocycles. The predicted molar refractivity (Wildman–Crippen MR) is 59.9 cm³/mol. The quantitative estimate of drug-likeness (QED) is 0.569. The molecule has 0 saturated carbocycles.